The van der Waals surface area contributed by atoms with Crippen molar-refractivity contribution in [1.82, 2.24) is 0 Å². The maximum absolute atomic E-state index is 10.1. The molecule has 2 aromatic carbocycles. The van der Waals surface area contributed by atoms with Gasteiger partial charge in [0.05, 0.1) is 0 Å². The molecule has 1 atom stereocenters. The number of aromatic hydroxyl groups is 1. The lowest BCUT2D eigenvalue weighted by Crippen LogP contribution is -2.03. The van der Waals surface area contributed by atoms with Crippen LogP contribution >= 0.6 is 11.6 Å². The van der Waals surface area contributed by atoms with Crippen molar-refractivity contribution in [1.29, 1.82) is 0 Å². The second kappa shape index (κ2) is 4.65. The lowest BCUT2D eigenvalue weighted by Gasteiger charge is -2.14. The largest absolute Gasteiger partial charge is 0.508 e. The molecule has 0 bridgehead atoms. The number of benzene rings is 2. The number of phenols is 1. The Kier molecular flexibility index (Phi) is 3.22. The highest BCUT2D eigenvalue weighted by molar-refractivity contribution is 6.30. The summed E-state index contributed by atoms with van der Waals surface area (Å²) in [5, 5.41) is 20.0. The van der Waals surface area contributed by atoms with Gasteiger partial charge in [-0.15, -0.1) is 0 Å². The standard InChI is InChI=1S/C13H12ClNO2/c14-9-3-1-8(2-4-9)13(17)11-6-5-10(16)7-12(11)15/h1-7,13,16-17H,15H2. The first kappa shape index (κ1) is 11.8. The van der Waals surface area contributed by atoms with E-state index in [0.717, 1.165) is 0 Å². The van der Waals surface area contributed by atoms with Crippen LogP contribution in [0.4, 0.5) is 5.69 Å². The van der Waals surface area contributed by atoms with Crippen LogP contribution in [0.1, 0.15) is 17.2 Å². The summed E-state index contributed by atoms with van der Waals surface area (Å²) < 4.78 is 0. The highest BCUT2D eigenvalue weighted by Gasteiger charge is 2.13. The SMILES string of the molecule is Nc1cc(O)ccc1C(O)c1ccc(Cl)cc1. The molecule has 0 saturated carbocycles. The van der Waals surface area contributed by atoms with Gasteiger partial charge in [0, 0.05) is 22.3 Å². The van der Waals surface area contributed by atoms with Crippen molar-refractivity contribution >= 4 is 17.3 Å². The third kappa shape index (κ3) is 2.52. The molecule has 0 aliphatic rings. The van der Waals surface area contributed by atoms with Crippen molar-refractivity contribution in [3.05, 3.63) is 58.6 Å². The van der Waals surface area contributed by atoms with Gasteiger partial charge in [-0.1, -0.05) is 29.8 Å². The highest BCUT2D eigenvalue weighted by atomic mass is 35.5. The number of anilines is 1. The minimum absolute atomic E-state index is 0.0783. The predicted molar refractivity (Wildman–Crippen MR) is 68.0 cm³/mol. The summed E-state index contributed by atoms with van der Waals surface area (Å²) >= 11 is 5.78. The summed E-state index contributed by atoms with van der Waals surface area (Å²) in [6.07, 6.45) is -0.826. The van der Waals surface area contributed by atoms with Gasteiger partial charge in [0.15, 0.2) is 0 Å². The van der Waals surface area contributed by atoms with E-state index in [1.54, 1.807) is 30.3 Å². The first-order chi connectivity index (χ1) is 8.08. The monoisotopic (exact) mass is 249 g/mol. The number of nitrogen functional groups attached to an aromatic ring is 1. The molecule has 88 valence electrons. The van der Waals surface area contributed by atoms with Crippen LogP contribution in [0.5, 0.6) is 5.75 Å². The van der Waals surface area contributed by atoms with E-state index in [-0.39, 0.29) is 5.75 Å². The Morgan fingerprint density at radius 2 is 1.71 bits per heavy atom. The molecule has 4 heteroatoms. The van der Waals surface area contributed by atoms with Gasteiger partial charge < -0.3 is 15.9 Å². The van der Waals surface area contributed by atoms with Gasteiger partial charge in [0.25, 0.3) is 0 Å². The van der Waals surface area contributed by atoms with Crippen LogP contribution in [0.25, 0.3) is 0 Å². The van der Waals surface area contributed by atoms with Gasteiger partial charge in [-0.05, 0) is 23.8 Å². The number of halogens is 1. The Labute approximate surface area is 104 Å². The number of aliphatic hydroxyl groups excluding tert-OH is 1. The Balaban J connectivity index is 2.36. The molecule has 4 N–H and O–H groups in total. The van der Waals surface area contributed by atoms with Gasteiger partial charge >= 0.3 is 0 Å². The van der Waals surface area contributed by atoms with Crippen LogP contribution in [0.3, 0.4) is 0 Å². The molecular formula is C13H12ClNO2. The fraction of sp³-hybridized carbons (Fsp3) is 0.0769. The zero-order valence-corrected chi connectivity index (χ0v) is 9.72. The van der Waals surface area contributed by atoms with E-state index >= 15 is 0 Å². The summed E-state index contributed by atoms with van der Waals surface area (Å²) in [4.78, 5) is 0. The van der Waals surface area contributed by atoms with Gasteiger partial charge in [0.1, 0.15) is 11.9 Å². The fourth-order valence-electron chi connectivity index (χ4n) is 1.64. The molecule has 0 aliphatic heterocycles. The Hall–Kier alpha value is -1.71. The Morgan fingerprint density at radius 1 is 1.06 bits per heavy atom. The van der Waals surface area contributed by atoms with Crippen molar-refractivity contribution in [3.8, 4) is 5.75 Å². The van der Waals surface area contributed by atoms with Crippen LogP contribution in [-0.4, -0.2) is 10.2 Å². The molecule has 17 heavy (non-hydrogen) atoms. The minimum Gasteiger partial charge on any atom is -0.508 e. The number of aliphatic hydroxyl groups is 1. The summed E-state index contributed by atoms with van der Waals surface area (Å²) in [6, 6.07) is 11.4. The van der Waals surface area contributed by atoms with E-state index in [0.29, 0.717) is 21.8 Å². The molecule has 2 aromatic rings. The summed E-state index contributed by atoms with van der Waals surface area (Å²) in [7, 11) is 0. The number of rotatable bonds is 2. The van der Waals surface area contributed by atoms with Gasteiger partial charge in [-0.25, -0.2) is 0 Å². The van der Waals surface area contributed by atoms with Crippen LogP contribution in [-0.2, 0) is 0 Å². The summed E-state index contributed by atoms with van der Waals surface area (Å²) in [5.74, 6) is 0.0783. The normalized spacial score (nSPS) is 12.4. The molecule has 0 aromatic heterocycles. The average molecular weight is 250 g/mol. The van der Waals surface area contributed by atoms with Gasteiger partial charge in [-0.3, -0.25) is 0 Å². The molecule has 0 saturated heterocycles. The van der Waals surface area contributed by atoms with E-state index in [9.17, 15) is 10.2 Å². The maximum Gasteiger partial charge on any atom is 0.117 e. The number of nitrogens with two attached hydrogens (primary N) is 1. The van der Waals surface area contributed by atoms with E-state index in [2.05, 4.69) is 0 Å². The third-order valence-electron chi connectivity index (χ3n) is 2.55. The summed E-state index contributed by atoms with van der Waals surface area (Å²) in [5.41, 5.74) is 7.36. The van der Waals surface area contributed by atoms with E-state index in [1.807, 2.05) is 0 Å². The third-order valence-corrected chi connectivity index (χ3v) is 2.80. The van der Waals surface area contributed by atoms with Crippen molar-refractivity contribution in [2.45, 2.75) is 6.10 Å². The van der Waals surface area contributed by atoms with E-state index in [4.69, 9.17) is 17.3 Å². The minimum atomic E-state index is -0.826. The quantitative estimate of drug-likeness (QED) is 0.717. The van der Waals surface area contributed by atoms with Gasteiger partial charge in [0.2, 0.25) is 0 Å². The number of phenolic OH excluding ortho intramolecular Hbond substituents is 1. The molecule has 1 unspecified atom stereocenters. The van der Waals surface area contributed by atoms with Crippen molar-refractivity contribution in [2.75, 3.05) is 5.73 Å². The van der Waals surface area contributed by atoms with Gasteiger partial charge in [-0.2, -0.15) is 0 Å². The number of hydrogen-bond acceptors (Lipinski definition) is 3. The zero-order valence-electron chi connectivity index (χ0n) is 8.97. The molecule has 0 fully saturated rings. The molecule has 3 nitrogen and oxygen atoms in total. The van der Waals surface area contributed by atoms with Crippen LogP contribution in [0.15, 0.2) is 42.5 Å². The molecule has 0 amide bonds. The lowest BCUT2D eigenvalue weighted by molar-refractivity contribution is 0.221. The molecule has 0 heterocycles. The van der Waals surface area contributed by atoms with Crippen molar-refractivity contribution in [3.63, 3.8) is 0 Å². The van der Waals surface area contributed by atoms with Crippen LogP contribution in [0.2, 0.25) is 5.02 Å². The molecule has 0 spiro atoms. The zero-order chi connectivity index (χ0) is 12.4. The average Bonchev–Trinajstić information content (AvgIpc) is 2.29. The second-order valence-corrected chi connectivity index (χ2v) is 4.20. The van der Waals surface area contributed by atoms with E-state index in [1.165, 1.54) is 12.1 Å². The first-order valence-corrected chi connectivity index (χ1v) is 5.47. The molecule has 0 radical (unpaired) electrons. The number of hydrogen-bond donors (Lipinski definition) is 3. The smallest absolute Gasteiger partial charge is 0.117 e. The fourth-order valence-corrected chi connectivity index (χ4v) is 1.76. The van der Waals surface area contributed by atoms with Crippen molar-refractivity contribution < 1.29 is 10.2 Å². The Morgan fingerprint density at radius 3 is 2.29 bits per heavy atom. The molecular weight excluding hydrogens is 238 g/mol. The van der Waals surface area contributed by atoms with Crippen LogP contribution < -0.4 is 5.73 Å². The molecule has 2 rings (SSSR count). The second-order valence-electron chi connectivity index (χ2n) is 3.77. The maximum atomic E-state index is 10.1. The van der Waals surface area contributed by atoms with Crippen molar-refractivity contribution in [2.24, 2.45) is 0 Å². The molecule has 0 aliphatic carbocycles. The topological polar surface area (TPSA) is 66.5 Å². The van der Waals surface area contributed by atoms with E-state index < -0.39 is 6.10 Å². The van der Waals surface area contributed by atoms with Crippen LogP contribution in [0, 0.1) is 0 Å². The first-order valence-electron chi connectivity index (χ1n) is 5.10. The Bertz CT molecular complexity index is 525. The lowest BCUT2D eigenvalue weighted by atomic mass is 10.00. The summed E-state index contributed by atoms with van der Waals surface area (Å²) in [6.45, 7) is 0. The predicted octanol–water partition coefficient (Wildman–Crippen LogP) is 2.71. The highest BCUT2D eigenvalue weighted by Crippen LogP contribution is 2.29.